The van der Waals surface area contributed by atoms with Gasteiger partial charge in [-0.25, -0.2) is 8.42 Å². The summed E-state index contributed by atoms with van der Waals surface area (Å²) >= 11 is 0. The number of allylic oxidation sites excluding steroid dienone is 1. The summed E-state index contributed by atoms with van der Waals surface area (Å²) in [5.74, 6) is 0.668. The first-order chi connectivity index (χ1) is 45.4. The van der Waals surface area contributed by atoms with Crippen LogP contribution in [-0.4, -0.2) is 176 Å². The van der Waals surface area contributed by atoms with Crippen LogP contribution < -0.4 is 63.2 Å². The maximum Gasteiger partial charge on any atom is 2.00 e. The van der Waals surface area contributed by atoms with Gasteiger partial charge in [-0.1, -0.05) is 139 Å². The molecule has 622 valence electrons. The van der Waals surface area contributed by atoms with Crippen LogP contribution in [0.5, 0.6) is 0 Å². The second-order valence-corrected chi connectivity index (χ2v) is 30.8. The quantitative estimate of drug-likeness (QED) is 0.0245. The molecule has 4 N–H and O–H groups in total. The van der Waals surface area contributed by atoms with Crippen LogP contribution in [0.1, 0.15) is 187 Å². The minimum Gasteiger partial charge on any atom is -1.00 e. The maximum absolute atomic E-state index is 10.7. The summed E-state index contributed by atoms with van der Waals surface area (Å²) in [4.78, 5) is 31.3. The van der Waals surface area contributed by atoms with E-state index in [0.717, 1.165) is 167 Å². The Balaban J connectivity index is -0.0000000879. The van der Waals surface area contributed by atoms with Crippen molar-refractivity contribution in [2.45, 2.75) is 247 Å². The third-order valence-electron chi connectivity index (χ3n) is 19.6. The van der Waals surface area contributed by atoms with Gasteiger partial charge in [0, 0.05) is 37.8 Å². The van der Waals surface area contributed by atoms with E-state index in [-0.39, 0.29) is 239 Å². The van der Waals surface area contributed by atoms with Gasteiger partial charge in [-0.15, -0.1) is 36.3 Å². The molecule has 18 nitrogen and oxygen atoms in total. The second-order valence-electron chi connectivity index (χ2n) is 25.9. The van der Waals surface area contributed by atoms with E-state index in [1.807, 2.05) is 48.5 Å². The number of aliphatic hydroxyl groups is 3. The molecule has 0 saturated heterocycles. The van der Waals surface area contributed by atoms with Gasteiger partial charge in [-0.05, 0) is 145 Å². The normalized spacial score (nSPS) is 22.9. The summed E-state index contributed by atoms with van der Waals surface area (Å²) in [7, 11) is 10.2. The van der Waals surface area contributed by atoms with Crippen molar-refractivity contribution in [1.29, 1.82) is 0 Å². The number of halogens is 1. The number of Topliss-reactive ketones (excluding diaryl/α,β-unsaturated/α-hetero) is 1. The van der Waals surface area contributed by atoms with Crippen LogP contribution in [-0.2, 0) is 160 Å². The van der Waals surface area contributed by atoms with E-state index in [9.17, 15) is 32.5 Å². The van der Waals surface area contributed by atoms with Crippen LogP contribution in [0, 0.1) is 62.3 Å². The van der Waals surface area contributed by atoms with Gasteiger partial charge in [0.2, 0.25) is 0 Å². The number of carbonyl (C=O) groups excluding carboxylic acids is 3. The molecule has 0 radical (unpaired) electrons. The maximum atomic E-state index is 10.7. The molecule has 7 fully saturated rings. The molecule has 3 aromatic carbocycles. The van der Waals surface area contributed by atoms with Gasteiger partial charge in [0.1, 0.15) is 57.1 Å². The van der Waals surface area contributed by atoms with Crippen LogP contribution >= 0.6 is 7.26 Å². The Hall–Kier alpha value is 1.53. The number of benzene rings is 3. The fraction of sp³-hybridized carbons (Fsp3) is 0.642. The van der Waals surface area contributed by atoms with Crippen LogP contribution in [0.3, 0.4) is 0 Å². The first-order valence-electron chi connectivity index (χ1n) is 34.8. The number of ketones is 1. The molecule has 1 atom stereocenters. The zero-order valence-corrected chi connectivity index (χ0v) is 90.4. The van der Waals surface area contributed by atoms with E-state index in [0.29, 0.717) is 73.1 Å². The number of hydrogen-bond donors (Lipinski definition) is 4. The minimum absolute atomic E-state index is 0. The summed E-state index contributed by atoms with van der Waals surface area (Å²) in [5, 5.41) is 59.8. The summed E-state index contributed by atoms with van der Waals surface area (Å²) in [5.41, 5.74) is -0.298. The standard InChI is InChI=1S/C20H20OP.C9H16NO.C8H16NO4S.2C8H14NO.C7H15NO.C7H14NO.C7H12NO.CH4.6CH3.ClH.Na.6W/c1-21-17-22(18-11-5-2-6-12-18,19-13-7-3-8-14-19)20-15-9-4-10-16-20;1-10-9-5-3-8(4-6-9)7-11-2;1-9-7-4-2-6(3-5-7)8(10)14(11,12)13;2*1-9-8-4-2-7(6-10)3-5-8;3*1-8-6-2-4-7(9)5-3-6;;;;;;;;;;;;;;;/h2-16H,17H2,1H3;7,9H,3-6H2,1-2H3;6-8,10H,2-5H2,1H3,(H,11,12,13);2*6-8H,2-5H2,1H3;6-9H,2-5H2,1H3;6-7,9H,2-5H2,1H3;6H,2-5H2,1H3;1H4;6*1H3;1H;;;;;;;/q+1;4*-1;;2*-1;;6*-1;;+1;6*+2/p-2. The fourth-order valence-electron chi connectivity index (χ4n) is 13.2. The van der Waals surface area contributed by atoms with Crippen LogP contribution in [0.25, 0.3) is 31.9 Å². The smallest absolute Gasteiger partial charge is 1.00 e. The third-order valence-corrected chi connectivity index (χ3v) is 24.7. The van der Waals surface area contributed by atoms with Crippen molar-refractivity contribution in [3.63, 3.8) is 0 Å². The van der Waals surface area contributed by atoms with Gasteiger partial charge in [-0.3, -0.25) is 4.79 Å². The van der Waals surface area contributed by atoms with Gasteiger partial charge < -0.3 is 133 Å². The third kappa shape index (κ3) is 57.4. The zero-order chi connectivity index (χ0) is 69.0. The first kappa shape index (κ1) is 139. The molecule has 10 rings (SSSR count). The van der Waals surface area contributed by atoms with Gasteiger partial charge in [0.25, 0.3) is 0 Å². The van der Waals surface area contributed by atoms with E-state index < -0.39 is 28.7 Å². The van der Waals surface area contributed by atoms with E-state index >= 15 is 0 Å². The second kappa shape index (κ2) is 84.5. The number of hydrogen-bond acceptors (Lipinski definition) is 12. The fourth-order valence-corrected chi connectivity index (χ4v) is 17.7. The van der Waals surface area contributed by atoms with Crippen molar-refractivity contribution in [3.8, 4) is 0 Å². The summed E-state index contributed by atoms with van der Waals surface area (Å²) in [6, 6.07) is 35.9. The van der Waals surface area contributed by atoms with Gasteiger partial charge >= 0.3 is 156 Å². The van der Waals surface area contributed by atoms with Gasteiger partial charge in [0.05, 0.1) is 25.6 Å². The molecule has 1 unspecified atom stereocenters. The van der Waals surface area contributed by atoms with Crippen LogP contribution in [0.4, 0.5) is 0 Å². The Kier molecular flexibility index (Phi) is 108. The molecule has 7 aliphatic carbocycles. The van der Waals surface area contributed by atoms with Crippen molar-refractivity contribution in [2.75, 3.05) is 69.9 Å². The molecular weight excluding hydrogens is 2470 g/mol. The molecular formula is C81H142ClN7NaO11PSW6. The summed E-state index contributed by atoms with van der Waals surface area (Å²) < 4.78 is 42.3. The molecule has 28 heteroatoms. The number of methoxy groups -OCH3 is 2. The number of rotatable bonds is 17. The number of nitrogens with zero attached hydrogens (tertiary/aromatic N) is 6. The van der Waals surface area contributed by atoms with Crippen molar-refractivity contribution in [2.24, 2.45) is 17.8 Å². The molecule has 109 heavy (non-hydrogen) atoms. The number of nitrogens with one attached hydrogen (secondary N) is 1. The Morgan fingerprint density at radius 3 is 1.00 bits per heavy atom. The van der Waals surface area contributed by atoms with E-state index in [4.69, 9.17) is 19.7 Å². The topological polar surface area (TPSA) is 284 Å². The molecule has 0 heterocycles. The number of carbonyl (C=O) groups is 3. The SMILES string of the molecule is C.CNC1CCC(O)CC1.COC[P+](c1ccccc1)(c1ccccc1)c1ccccc1.C[N-]C1CCC(=COC)CC1.C[N-]C1CCC(=O)CC1.C[N-]C1CCC(C(O)S(=O)(=O)[O-])CC1.C[N-]C1CCC(C=O)CC1.C[N-]C1CCC(C=O)CC1.C[N-]C1CCC(O)CC1.[CH3-].[CH3-].[CH3-].[CH3-].[CH3-].[CH3-].[Cl-].[Na+].[W+2].[W+2].[W+2].[W+2].[W+2].[W+2]. The first-order valence-corrected chi connectivity index (χ1v) is 38.2. The largest absolute Gasteiger partial charge is 2.00 e. The zero-order valence-electron chi connectivity index (χ0n) is 68.4. The molecule has 7 aliphatic rings. The van der Waals surface area contributed by atoms with Crippen molar-refractivity contribution in [1.82, 2.24) is 5.32 Å². The molecule has 0 amide bonds. The number of aldehydes is 2. The molecule has 0 spiro atoms. The van der Waals surface area contributed by atoms with Crippen molar-refractivity contribution in [3.05, 3.63) is 179 Å². The van der Waals surface area contributed by atoms with Crippen LogP contribution in [0.15, 0.2) is 103 Å². The molecule has 0 aromatic heterocycles. The van der Waals surface area contributed by atoms with Crippen LogP contribution in [0.2, 0.25) is 0 Å². The molecule has 0 aliphatic heterocycles. The van der Waals surface area contributed by atoms with E-state index in [2.05, 4.69) is 128 Å². The Morgan fingerprint density at radius 1 is 0.477 bits per heavy atom. The number of ether oxygens (including phenoxy) is 2. The minimum atomic E-state index is -4.55. The molecule has 3 aromatic rings. The number of aliphatic hydroxyl groups excluding tert-OH is 3. The molecule has 7 saturated carbocycles. The molecule has 0 bridgehead atoms. The Bertz CT molecular complexity index is 2410. The summed E-state index contributed by atoms with van der Waals surface area (Å²) in [6.07, 6.45) is 32.5. The van der Waals surface area contributed by atoms with E-state index in [1.165, 1.54) is 34.3 Å². The predicted molar refractivity (Wildman–Crippen MR) is 433 cm³/mol. The Labute approximate surface area is 782 Å². The van der Waals surface area contributed by atoms with Crippen molar-refractivity contribution >= 4 is 51.6 Å². The Morgan fingerprint density at radius 2 is 0.743 bits per heavy atom. The van der Waals surface area contributed by atoms with Gasteiger partial charge in [-0.2, -0.15) is 42.3 Å². The van der Waals surface area contributed by atoms with Gasteiger partial charge in [0.15, 0.2) is 6.35 Å². The summed E-state index contributed by atoms with van der Waals surface area (Å²) in [6.45, 7) is 0. The average molecular weight is 2610 g/mol. The van der Waals surface area contributed by atoms with Crippen molar-refractivity contribution < 1.29 is 221 Å². The van der Waals surface area contributed by atoms with E-state index in [1.54, 1.807) is 21.3 Å². The monoisotopic (exact) mass is 2610 g/mol. The predicted octanol–water partition coefficient (Wildman–Crippen LogP) is 10.6. The average Bonchev–Trinajstić information content (AvgIpc) is 0.759.